The Labute approximate surface area is 173 Å². The molecule has 1 aliphatic rings. The molecule has 0 N–H and O–H groups in total. The van der Waals surface area contributed by atoms with E-state index in [2.05, 4.69) is 4.90 Å². The third-order valence-corrected chi connectivity index (χ3v) is 5.30. The van der Waals surface area contributed by atoms with Crippen LogP contribution in [0, 0.1) is 13.8 Å². The largest absolute Gasteiger partial charge is 0.497 e. The average Bonchev–Trinajstić information content (AvgIpc) is 2.74. The molecule has 2 aromatic rings. The molecule has 1 aliphatic heterocycles. The van der Waals surface area contributed by atoms with Crippen LogP contribution >= 0.6 is 0 Å². The fraction of sp³-hybridized carbons (Fsp3) is 0.435. The van der Waals surface area contributed by atoms with Crippen LogP contribution in [0.25, 0.3) is 0 Å². The SMILES string of the molecule is COc1ccc(OC)c(CN2CCN(C(=O)COc3cc(C)ccc3C)CC2)c1. The number of methoxy groups -OCH3 is 2. The molecule has 6 nitrogen and oxygen atoms in total. The summed E-state index contributed by atoms with van der Waals surface area (Å²) in [5, 5.41) is 0. The minimum absolute atomic E-state index is 0.0320. The Balaban J connectivity index is 1.51. The summed E-state index contributed by atoms with van der Waals surface area (Å²) in [5.41, 5.74) is 3.25. The lowest BCUT2D eigenvalue weighted by atomic mass is 10.1. The number of amides is 1. The quantitative estimate of drug-likeness (QED) is 0.718. The van der Waals surface area contributed by atoms with Gasteiger partial charge in [-0.15, -0.1) is 0 Å². The maximum absolute atomic E-state index is 12.6. The Morgan fingerprint density at radius 3 is 2.38 bits per heavy atom. The lowest BCUT2D eigenvalue weighted by Gasteiger charge is -2.35. The van der Waals surface area contributed by atoms with Crippen molar-refractivity contribution in [2.75, 3.05) is 47.0 Å². The van der Waals surface area contributed by atoms with Crippen molar-refractivity contribution in [3.63, 3.8) is 0 Å². The van der Waals surface area contributed by atoms with E-state index < -0.39 is 0 Å². The second-order valence-corrected chi connectivity index (χ2v) is 7.39. The van der Waals surface area contributed by atoms with Gasteiger partial charge in [0.1, 0.15) is 17.2 Å². The smallest absolute Gasteiger partial charge is 0.260 e. The summed E-state index contributed by atoms with van der Waals surface area (Å²) in [6, 6.07) is 11.9. The van der Waals surface area contributed by atoms with Gasteiger partial charge in [0.15, 0.2) is 6.61 Å². The molecule has 1 heterocycles. The van der Waals surface area contributed by atoms with Crippen molar-refractivity contribution in [1.29, 1.82) is 0 Å². The molecule has 156 valence electrons. The van der Waals surface area contributed by atoms with Gasteiger partial charge in [-0.1, -0.05) is 12.1 Å². The topological polar surface area (TPSA) is 51.2 Å². The summed E-state index contributed by atoms with van der Waals surface area (Å²) in [6.45, 7) is 7.87. The molecule has 0 saturated carbocycles. The maximum Gasteiger partial charge on any atom is 0.260 e. The van der Waals surface area contributed by atoms with Crippen LogP contribution in [0.5, 0.6) is 17.2 Å². The van der Waals surface area contributed by atoms with Crippen molar-refractivity contribution in [1.82, 2.24) is 9.80 Å². The van der Waals surface area contributed by atoms with E-state index in [4.69, 9.17) is 14.2 Å². The van der Waals surface area contributed by atoms with E-state index in [0.29, 0.717) is 13.1 Å². The van der Waals surface area contributed by atoms with E-state index in [1.54, 1.807) is 14.2 Å². The summed E-state index contributed by atoms with van der Waals surface area (Å²) in [6.07, 6.45) is 0. The normalized spacial score (nSPS) is 14.6. The Morgan fingerprint density at radius 2 is 1.69 bits per heavy atom. The van der Waals surface area contributed by atoms with Crippen LogP contribution in [0.1, 0.15) is 16.7 Å². The van der Waals surface area contributed by atoms with E-state index in [9.17, 15) is 4.79 Å². The fourth-order valence-corrected chi connectivity index (χ4v) is 3.50. The Morgan fingerprint density at radius 1 is 0.931 bits per heavy atom. The third kappa shape index (κ3) is 5.41. The van der Waals surface area contributed by atoms with E-state index in [1.807, 2.05) is 55.1 Å². The predicted octanol–water partition coefficient (Wildman–Crippen LogP) is 3.04. The van der Waals surface area contributed by atoms with Gasteiger partial charge in [-0.3, -0.25) is 9.69 Å². The van der Waals surface area contributed by atoms with E-state index in [0.717, 1.165) is 53.6 Å². The Hall–Kier alpha value is -2.73. The van der Waals surface area contributed by atoms with Gasteiger partial charge < -0.3 is 19.1 Å². The van der Waals surface area contributed by atoms with Crippen molar-refractivity contribution in [2.45, 2.75) is 20.4 Å². The summed E-state index contributed by atoms with van der Waals surface area (Å²) < 4.78 is 16.6. The minimum atomic E-state index is 0.0320. The van der Waals surface area contributed by atoms with Gasteiger partial charge in [0, 0.05) is 38.3 Å². The van der Waals surface area contributed by atoms with Crippen LogP contribution in [0.15, 0.2) is 36.4 Å². The zero-order valence-corrected chi connectivity index (χ0v) is 17.7. The summed E-state index contributed by atoms with van der Waals surface area (Å²) in [5.74, 6) is 2.48. The molecule has 2 aromatic carbocycles. The highest BCUT2D eigenvalue weighted by Crippen LogP contribution is 2.25. The fourth-order valence-electron chi connectivity index (χ4n) is 3.50. The van der Waals surface area contributed by atoms with Crippen LogP contribution in [0.3, 0.4) is 0 Å². The number of hydrogen-bond donors (Lipinski definition) is 0. The molecule has 0 aliphatic carbocycles. The van der Waals surface area contributed by atoms with Crippen LogP contribution in [-0.2, 0) is 11.3 Å². The van der Waals surface area contributed by atoms with Gasteiger partial charge in [-0.2, -0.15) is 0 Å². The number of carbonyl (C=O) groups is 1. The molecular formula is C23H30N2O4. The van der Waals surface area contributed by atoms with E-state index in [-0.39, 0.29) is 12.5 Å². The van der Waals surface area contributed by atoms with E-state index in [1.165, 1.54) is 0 Å². The number of benzene rings is 2. The first-order valence-electron chi connectivity index (χ1n) is 9.91. The number of ether oxygens (including phenoxy) is 3. The average molecular weight is 399 g/mol. The molecule has 6 heteroatoms. The third-order valence-electron chi connectivity index (χ3n) is 5.30. The van der Waals surface area contributed by atoms with Crippen molar-refractivity contribution in [3.8, 4) is 17.2 Å². The second-order valence-electron chi connectivity index (χ2n) is 7.39. The molecule has 1 saturated heterocycles. The molecule has 0 spiro atoms. The molecule has 29 heavy (non-hydrogen) atoms. The standard InChI is InChI=1S/C23H30N2O4/c1-17-5-6-18(2)22(13-17)29-16-23(26)25-11-9-24(10-12-25)15-19-14-20(27-3)7-8-21(19)28-4/h5-8,13-14H,9-12,15-16H2,1-4H3. The predicted molar refractivity (Wildman–Crippen MR) is 113 cm³/mol. The van der Waals surface area contributed by atoms with Crippen molar-refractivity contribution in [3.05, 3.63) is 53.1 Å². The van der Waals surface area contributed by atoms with Gasteiger partial charge in [0.25, 0.3) is 5.91 Å². The van der Waals surface area contributed by atoms with Crippen LogP contribution in [0.4, 0.5) is 0 Å². The highest BCUT2D eigenvalue weighted by Gasteiger charge is 2.22. The monoisotopic (exact) mass is 398 g/mol. The van der Waals surface area contributed by atoms with Gasteiger partial charge in [-0.25, -0.2) is 0 Å². The molecule has 3 rings (SSSR count). The lowest BCUT2D eigenvalue weighted by molar-refractivity contribution is -0.135. The van der Waals surface area contributed by atoms with Crippen LogP contribution in [0.2, 0.25) is 0 Å². The number of rotatable bonds is 7. The molecule has 0 unspecified atom stereocenters. The van der Waals surface area contributed by atoms with Crippen molar-refractivity contribution >= 4 is 5.91 Å². The van der Waals surface area contributed by atoms with Gasteiger partial charge in [0.05, 0.1) is 14.2 Å². The first-order chi connectivity index (χ1) is 14.0. The summed E-state index contributed by atoms with van der Waals surface area (Å²) in [4.78, 5) is 16.8. The van der Waals surface area contributed by atoms with E-state index >= 15 is 0 Å². The zero-order valence-electron chi connectivity index (χ0n) is 17.7. The molecule has 0 atom stereocenters. The molecule has 1 fully saturated rings. The first-order valence-corrected chi connectivity index (χ1v) is 9.91. The zero-order chi connectivity index (χ0) is 20.8. The molecule has 0 radical (unpaired) electrons. The molecule has 0 aromatic heterocycles. The number of nitrogens with zero attached hydrogens (tertiary/aromatic N) is 2. The number of aryl methyl sites for hydroxylation is 2. The van der Waals surface area contributed by atoms with Crippen molar-refractivity contribution in [2.24, 2.45) is 0 Å². The second kappa shape index (κ2) is 9.65. The highest BCUT2D eigenvalue weighted by atomic mass is 16.5. The molecule has 0 bridgehead atoms. The maximum atomic E-state index is 12.6. The Kier molecular flexibility index (Phi) is 6.99. The van der Waals surface area contributed by atoms with Crippen molar-refractivity contribution < 1.29 is 19.0 Å². The lowest BCUT2D eigenvalue weighted by Crippen LogP contribution is -2.49. The Bertz CT molecular complexity index is 845. The number of hydrogen-bond acceptors (Lipinski definition) is 5. The summed E-state index contributed by atoms with van der Waals surface area (Å²) >= 11 is 0. The molecule has 1 amide bonds. The minimum Gasteiger partial charge on any atom is -0.497 e. The molecular weight excluding hydrogens is 368 g/mol. The number of piperazine rings is 1. The van der Waals surface area contributed by atoms with Crippen LogP contribution in [-0.4, -0.2) is 62.7 Å². The van der Waals surface area contributed by atoms with Gasteiger partial charge >= 0.3 is 0 Å². The van der Waals surface area contributed by atoms with Crippen LogP contribution < -0.4 is 14.2 Å². The van der Waals surface area contributed by atoms with Gasteiger partial charge in [-0.05, 0) is 49.2 Å². The summed E-state index contributed by atoms with van der Waals surface area (Å²) in [7, 11) is 3.34. The highest BCUT2D eigenvalue weighted by molar-refractivity contribution is 5.78. The number of carbonyl (C=O) groups excluding carboxylic acids is 1. The van der Waals surface area contributed by atoms with Gasteiger partial charge in [0.2, 0.25) is 0 Å². The first kappa shape index (κ1) is 21.0.